The monoisotopic (exact) mass is 343 g/mol. The molecule has 1 N–H and O–H groups in total. The van der Waals surface area contributed by atoms with E-state index < -0.39 is 10.0 Å². The summed E-state index contributed by atoms with van der Waals surface area (Å²) in [6.07, 6.45) is 0. The van der Waals surface area contributed by atoms with Gasteiger partial charge in [-0.3, -0.25) is 4.72 Å². The summed E-state index contributed by atoms with van der Waals surface area (Å²) in [7, 11) is -3.61. The third-order valence-electron chi connectivity index (χ3n) is 3.93. The summed E-state index contributed by atoms with van der Waals surface area (Å²) in [6, 6.07) is 12.6. The molecule has 0 fully saturated rings. The SMILES string of the molecule is Cc1cccc(S(=O)(=O)Nc2ccc3c(c2)nc(C)n3C(C)C)c1. The smallest absolute Gasteiger partial charge is 0.261 e. The lowest BCUT2D eigenvalue weighted by Crippen LogP contribution is -2.13. The average Bonchev–Trinajstić information content (AvgIpc) is 2.82. The molecule has 0 saturated carbocycles. The summed E-state index contributed by atoms with van der Waals surface area (Å²) in [6.45, 7) is 8.02. The van der Waals surface area contributed by atoms with E-state index in [1.165, 1.54) is 0 Å². The quantitative estimate of drug-likeness (QED) is 0.778. The number of fused-ring (bicyclic) bond motifs is 1. The Kier molecular flexibility index (Phi) is 4.09. The summed E-state index contributed by atoms with van der Waals surface area (Å²) in [4.78, 5) is 4.80. The van der Waals surface area contributed by atoms with Gasteiger partial charge in [0.05, 0.1) is 21.6 Å². The van der Waals surface area contributed by atoms with Crippen molar-refractivity contribution in [3.63, 3.8) is 0 Å². The zero-order chi connectivity index (χ0) is 17.5. The highest BCUT2D eigenvalue weighted by molar-refractivity contribution is 7.92. The van der Waals surface area contributed by atoms with E-state index in [0.717, 1.165) is 22.4 Å². The lowest BCUT2D eigenvalue weighted by atomic mass is 10.2. The number of sulfonamides is 1. The van der Waals surface area contributed by atoms with E-state index in [0.29, 0.717) is 11.7 Å². The van der Waals surface area contributed by atoms with Crippen LogP contribution in [0.4, 0.5) is 5.69 Å². The first-order valence-corrected chi connectivity index (χ1v) is 9.34. The number of hydrogen-bond acceptors (Lipinski definition) is 3. The molecule has 1 aromatic heterocycles. The van der Waals surface area contributed by atoms with Gasteiger partial charge in [-0.25, -0.2) is 13.4 Å². The third-order valence-corrected chi connectivity index (χ3v) is 5.31. The van der Waals surface area contributed by atoms with Crippen molar-refractivity contribution in [2.45, 2.75) is 38.6 Å². The van der Waals surface area contributed by atoms with Crippen molar-refractivity contribution in [3.05, 3.63) is 53.9 Å². The second-order valence-corrected chi connectivity index (χ2v) is 7.93. The number of rotatable bonds is 4. The minimum absolute atomic E-state index is 0.256. The van der Waals surface area contributed by atoms with E-state index in [2.05, 4.69) is 28.1 Å². The summed E-state index contributed by atoms with van der Waals surface area (Å²) >= 11 is 0. The van der Waals surface area contributed by atoms with Crippen LogP contribution >= 0.6 is 0 Å². The largest absolute Gasteiger partial charge is 0.326 e. The predicted octanol–water partition coefficient (Wildman–Crippen LogP) is 4.03. The standard InChI is InChI=1S/C18H21N3O2S/c1-12(2)21-14(4)19-17-11-15(8-9-18(17)21)20-24(22,23)16-7-5-6-13(3)10-16/h5-12,20H,1-4H3. The molecule has 0 radical (unpaired) electrons. The maximum absolute atomic E-state index is 12.5. The Morgan fingerprint density at radius 3 is 2.50 bits per heavy atom. The number of nitrogens with one attached hydrogen (secondary N) is 1. The minimum Gasteiger partial charge on any atom is -0.326 e. The number of aromatic nitrogens is 2. The van der Waals surface area contributed by atoms with Gasteiger partial charge in [-0.2, -0.15) is 0 Å². The Balaban J connectivity index is 1.99. The highest BCUT2D eigenvalue weighted by atomic mass is 32.2. The van der Waals surface area contributed by atoms with Crippen LogP contribution in [-0.2, 0) is 10.0 Å². The lowest BCUT2D eigenvalue weighted by Gasteiger charge is -2.11. The van der Waals surface area contributed by atoms with E-state index in [9.17, 15) is 8.42 Å². The van der Waals surface area contributed by atoms with E-state index in [1.54, 1.807) is 30.3 Å². The van der Waals surface area contributed by atoms with Crippen LogP contribution < -0.4 is 4.72 Å². The van der Waals surface area contributed by atoms with Gasteiger partial charge < -0.3 is 4.57 Å². The molecule has 5 nitrogen and oxygen atoms in total. The fourth-order valence-electron chi connectivity index (χ4n) is 2.93. The molecule has 0 atom stereocenters. The molecule has 24 heavy (non-hydrogen) atoms. The first-order valence-electron chi connectivity index (χ1n) is 7.86. The molecule has 1 heterocycles. The molecule has 0 aliphatic carbocycles. The molecule has 3 rings (SSSR count). The summed E-state index contributed by atoms with van der Waals surface area (Å²) in [5.74, 6) is 0.915. The average molecular weight is 343 g/mol. The molecule has 0 bridgehead atoms. The molecule has 126 valence electrons. The Labute approximate surface area is 142 Å². The van der Waals surface area contributed by atoms with Gasteiger partial charge in [0.2, 0.25) is 0 Å². The summed E-state index contributed by atoms with van der Waals surface area (Å²) in [5, 5.41) is 0. The first kappa shape index (κ1) is 16.5. The Bertz CT molecular complexity index is 1000. The van der Waals surface area contributed by atoms with Gasteiger partial charge in [0.25, 0.3) is 10.0 Å². The molecular weight excluding hydrogens is 322 g/mol. The van der Waals surface area contributed by atoms with E-state index in [4.69, 9.17) is 0 Å². The van der Waals surface area contributed by atoms with Gasteiger partial charge in [-0.05, 0) is 63.6 Å². The van der Waals surface area contributed by atoms with Gasteiger partial charge >= 0.3 is 0 Å². The fraction of sp³-hybridized carbons (Fsp3) is 0.278. The van der Waals surface area contributed by atoms with Crippen molar-refractivity contribution in [2.75, 3.05) is 4.72 Å². The van der Waals surface area contributed by atoms with Crippen LogP contribution in [0.25, 0.3) is 11.0 Å². The van der Waals surface area contributed by atoms with Crippen LogP contribution in [0.15, 0.2) is 47.4 Å². The second-order valence-electron chi connectivity index (χ2n) is 6.25. The van der Waals surface area contributed by atoms with Gasteiger partial charge in [0.1, 0.15) is 5.82 Å². The molecule has 6 heteroatoms. The second kappa shape index (κ2) is 5.94. The predicted molar refractivity (Wildman–Crippen MR) is 96.8 cm³/mol. The number of aryl methyl sites for hydroxylation is 2. The molecule has 3 aromatic rings. The van der Waals surface area contributed by atoms with Crippen molar-refractivity contribution >= 4 is 26.7 Å². The summed E-state index contributed by atoms with van der Waals surface area (Å²) < 4.78 is 29.8. The van der Waals surface area contributed by atoms with Crippen molar-refractivity contribution in [1.82, 2.24) is 9.55 Å². The molecule has 0 aliphatic rings. The van der Waals surface area contributed by atoms with Crippen LogP contribution in [0.1, 0.15) is 31.3 Å². The number of benzene rings is 2. The van der Waals surface area contributed by atoms with Gasteiger partial charge in [0.15, 0.2) is 0 Å². The van der Waals surface area contributed by atoms with Crippen LogP contribution in [-0.4, -0.2) is 18.0 Å². The maximum atomic E-state index is 12.5. The fourth-order valence-corrected chi connectivity index (χ4v) is 4.08. The Hall–Kier alpha value is -2.34. The highest BCUT2D eigenvalue weighted by Crippen LogP contribution is 2.25. The highest BCUT2D eigenvalue weighted by Gasteiger charge is 2.16. The van der Waals surface area contributed by atoms with Crippen LogP contribution in [0, 0.1) is 13.8 Å². The molecule has 2 aromatic carbocycles. The molecule has 0 saturated heterocycles. The molecule has 0 aliphatic heterocycles. The zero-order valence-corrected chi connectivity index (χ0v) is 15.1. The zero-order valence-electron chi connectivity index (χ0n) is 14.2. The topological polar surface area (TPSA) is 64.0 Å². The van der Waals surface area contributed by atoms with E-state index in [1.807, 2.05) is 26.0 Å². The van der Waals surface area contributed by atoms with Crippen LogP contribution in [0.3, 0.4) is 0 Å². The Morgan fingerprint density at radius 1 is 1.08 bits per heavy atom. The Morgan fingerprint density at radius 2 is 1.83 bits per heavy atom. The molecule has 0 amide bonds. The molecule has 0 spiro atoms. The van der Waals surface area contributed by atoms with Gasteiger partial charge in [-0.1, -0.05) is 12.1 Å². The lowest BCUT2D eigenvalue weighted by molar-refractivity contribution is 0.599. The van der Waals surface area contributed by atoms with Crippen molar-refractivity contribution in [1.29, 1.82) is 0 Å². The minimum atomic E-state index is -3.61. The van der Waals surface area contributed by atoms with Crippen LogP contribution in [0.2, 0.25) is 0 Å². The van der Waals surface area contributed by atoms with Crippen molar-refractivity contribution < 1.29 is 8.42 Å². The van der Waals surface area contributed by atoms with Gasteiger partial charge in [0, 0.05) is 6.04 Å². The van der Waals surface area contributed by atoms with Crippen molar-refractivity contribution in [3.8, 4) is 0 Å². The first-order chi connectivity index (χ1) is 11.3. The van der Waals surface area contributed by atoms with E-state index >= 15 is 0 Å². The third kappa shape index (κ3) is 3.01. The molecular formula is C18H21N3O2S. The molecule has 0 unspecified atom stereocenters. The summed E-state index contributed by atoms with van der Waals surface area (Å²) in [5.41, 5.74) is 3.20. The maximum Gasteiger partial charge on any atom is 0.261 e. The number of anilines is 1. The van der Waals surface area contributed by atoms with Gasteiger partial charge in [-0.15, -0.1) is 0 Å². The normalized spacial score (nSPS) is 12.0. The van der Waals surface area contributed by atoms with E-state index in [-0.39, 0.29) is 4.90 Å². The number of imidazole rings is 1. The number of nitrogens with zero attached hydrogens (tertiary/aromatic N) is 2. The number of hydrogen-bond donors (Lipinski definition) is 1. The van der Waals surface area contributed by atoms with Crippen molar-refractivity contribution in [2.24, 2.45) is 0 Å². The van der Waals surface area contributed by atoms with Crippen LogP contribution in [0.5, 0.6) is 0 Å².